The average molecular weight is 368 g/mol. The van der Waals surface area contributed by atoms with Gasteiger partial charge in [-0.05, 0) is 56.7 Å². The molecule has 0 fully saturated rings. The lowest BCUT2D eigenvalue weighted by Crippen LogP contribution is -1.82. The molecule has 0 N–H and O–H groups in total. The van der Waals surface area contributed by atoms with Crippen molar-refractivity contribution < 1.29 is 0 Å². The maximum atomic E-state index is 5.88. The van der Waals surface area contributed by atoms with Crippen LogP contribution in [0.3, 0.4) is 0 Å². The van der Waals surface area contributed by atoms with Crippen molar-refractivity contribution in [1.29, 1.82) is 0 Å². The fourth-order valence-electron chi connectivity index (χ4n) is 1.09. The number of hydrogen-bond donors (Lipinski definition) is 0. The number of benzene rings is 1. The van der Waals surface area contributed by atoms with Gasteiger partial charge in [0, 0.05) is 8.96 Å². The summed E-state index contributed by atoms with van der Waals surface area (Å²) in [5.41, 5.74) is 0.931. The lowest BCUT2D eigenvalue weighted by Gasteiger charge is -2.00. The Kier molecular flexibility index (Phi) is 2.76. The first-order chi connectivity index (χ1) is 6.16. The highest BCUT2D eigenvalue weighted by atomic mass is 127. The average Bonchev–Trinajstić information content (AvgIpc) is 2.08. The maximum Gasteiger partial charge on any atom is 0.143 e. The topological polar surface area (TPSA) is 12.9 Å². The Morgan fingerprint density at radius 1 is 1.31 bits per heavy atom. The molecule has 1 heterocycles. The van der Waals surface area contributed by atoms with Crippen molar-refractivity contribution in [2.24, 2.45) is 0 Å². The molecule has 13 heavy (non-hydrogen) atoms. The van der Waals surface area contributed by atoms with Crippen LogP contribution in [0.4, 0.5) is 0 Å². The van der Waals surface area contributed by atoms with Crippen molar-refractivity contribution in [3.63, 3.8) is 0 Å². The van der Waals surface area contributed by atoms with Crippen LogP contribution in [0.25, 0.3) is 10.9 Å². The third-order valence-electron chi connectivity index (χ3n) is 1.69. The number of pyridine rings is 1. The normalized spacial score (nSPS) is 10.7. The molecule has 0 bridgehead atoms. The highest BCUT2D eigenvalue weighted by Gasteiger charge is 2.01. The minimum atomic E-state index is 0.509. The second-order valence-corrected chi connectivity index (χ2v) is 5.06. The minimum absolute atomic E-state index is 0.509. The van der Waals surface area contributed by atoms with Crippen molar-refractivity contribution in [2.75, 3.05) is 0 Å². The van der Waals surface area contributed by atoms with Crippen molar-refractivity contribution in [3.05, 3.63) is 37.5 Å². The van der Waals surface area contributed by atoms with Gasteiger partial charge in [-0.1, -0.05) is 17.7 Å². The molecule has 0 aliphatic heterocycles. The Hall–Kier alpha value is 0.130. The molecule has 0 spiro atoms. The van der Waals surface area contributed by atoms with Crippen molar-refractivity contribution >= 4 is 61.0 Å². The van der Waals surface area contributed by atoms with Crippen LogP contribution in [-0.4, -0.2) is 4.98 Å². The highest BCUT2D eigenvalue weighted by Crippen LogP contribution is 2.25. The molecular weight excluding hydrogens is 364 g/mol. The molecular formula is C9H4BrClIN. The Bertz CT molecular complexity index is 472. The van der Waals surface area contributed by atoms with E-state index < -0.39 is 0 Å². The smallest absolute Gasteiger partial charge is 0.143 e. The van der Waals surface area contributed by atoms with Gasteiger partial charge in [0.1, 0.15) is 5.15 Å². The van der Waals surface area contributed by atoms with E-state index >= 15 is 0 Å². The first kappa shape index (κ1) is 9.68. The lowest BCUT2D eigenvalue weighted by molar-refractivity contribution is 1.38. The van der Waals surface area contributed by atoms with E-state index in [-0.39, 0.29) is 0 Å². The van der Waals surface area contributed by atoms with Crippen molar-refractivity contribution in [1.82, 2.24) is 4.98 Å². The summed E-state index contributed by atoms with van der Waals surface area (Å²) in [6, 6.07) is 8.06. The summed E-state index contributed by atoms with van der Waals surface area (Å²) in [6.07, 6.45) is 0. The summed E-state index contributed by atoms with van der Waals surface area (Å²) in [7, 11) is 0. The molecule has 0 aliphatic rings. The van der Waals surface area contributed by atoms with Crippen LogP contribution in [-0.2, 0) is 0 Å². The number of aromatic nitrogens is 1. The number of rotatable bonds is 0. The van der Waals surface area contributed by atoms with E-state index in [2.05, 4.69) is 43.5 Å². The van der Waals surface area contributed by atoms with E-state index in [0.29, 0.717) is 5.15 Å². The van der Waals surface area contributed by atoms with E-state index in [4.69, 9.17) is 11.6 Å². The maximum absolute atomic E-state index is 5.88. The standard InChI is InChI=1S/C9H4BrClIN/c10-7-3-5-1-2-6(12)4-8(5)13-9(7)11/h1-4H. The van der Waals surface area contributed by atoms with Crippen LogP contribution >= 0.6 is 50.1 Å². The number of fused-ring (bicyclic) bond motifs is 1. The van der Waals surface area contributed by atoms with Crippen molar-refractivity contribution in [2.45, 2.75) is 0 Å². The van der Waals surface area contributed by atoms with E-state index in [1.807, 2.05) is 24.3 Å². The molecule has 1 aromatic carbocycles. The number of halogens is 3. The van der Waals surface area contributed by atoms with Gasteiger partial charge in [0.15, 0.2) is 0 Å². The van der Waals surface area contributed by atoms with Crippen LogP contribution < -0.4 is 0 Å². The Morgan fingerprint density at radius 2 is 2.08 bits per heavy atom. The first-order valence-electron chi connectivity index (χ1n) is 3.58. The fourth-order valence-corrected chi connectivity index (χ4v) is 2.05. The molecule has 2 aromatic rings. The van der Waals surface area contributed by atoms with Gasteiger partial charge in [0.2, 0.25) is 0 Å². The molecule has 0 amide bonds. The fraction of sp³-hybridized carbons (Fsp3) is 0. The van der Waals surface area contributed by atoms with Gasteiger partial charge in [0.05, 0.1) is 9.99 Å². The molecule has 2 rings (SSSR count). The van der Waals surface area contributed by atoms with E-state index in [0.717, 1.165) is 18.9 Å². The third kappa shape index (κ3) is 1.97. The van der Waals surface area contributed by atoms with E-state index in [9.17, 15) is 0 Å². The molecule has 4 heteroatoms. The molecule has 0 saturated carbocycles. The minimum Gasteiger partial charge on any atom is -0.235 e. The van der Waals surface area contributed by atoms with Gasteiger partial charge in [-0.25, -0.2) is 4.98 Å². The van der Waals surface area contributed by atoms with Crippen LogP contribution in [0, 0.1) is 3.57 Å². The SMILES string of the molecule is Clc1nc2cc(I)ccc2cc1Br. The zero-order valence-electron chi connectivity index (χ0n) is 6.39. The Morgan fingerprint density at radius 3 is 2.85 bits per heavy atom. The second-order valence-electron chi connectivity index (χ2n) is 2.60. The number of hydrogen-bond acceptors (Lipinski definition) is 1. The zero-order chi connectivity index (χ0) is 9.42. The third-order valence-corrected chi connectivity index (χ3v) is 3.48. The monoisotopic (exact) mass is 367 g/mol. The van der Waals surface area contributed by atoms with Gasteiger partial charge in [-0.15, -0.1) is 0 Å². The molecule has 66 valence electrons. The van der Waals surface area contributed by atoms with Gasteiger partial charge < -0.3 is 0 Å². The predicted octanol–water partition coefficient (Wildman–Crippen LogP) is 4.26. The number of nitrogens with zero attached hydrogens (tertiary/aromatic N) is 1. The second kappa shape index (κ2) is 3.71. The largest absolute Gasteiger partial charge is 0.235 e. The van der Waals surface area contributed by atoms with Gasteiger partial charge >= 0.3 is 0 Å². The van der Waals surface area contributed by atoms with Crippen LogP contribution in [0.15, 0.2) is 28.7 Å². The Labute approximate surface area is 103 Å². The molecule has 0 aliphatic carbocycles. The summed E-state index contributed by atoms with van der Waals surface area (Å²) in [4.78, 5) is 4.25. The molecule has 1 nitrogen and oxygen atoms in total. The van der Waals surface area contributed by atoms with E-state index in [1.165, 1.54) is 0 Å². The predicted molar refractivity (Wildman–Crippen MR) is 67.2 cm³/mol. The van der Waals surface area contributed by atoms with Crippen LogP contribution in [0.2, 0.25) is 5.15 Å². The first-order valence-corrected chi connectivity index (χ1v) is 5.83. The molecule has 0 atom stereocenters. The molecule has 0 radical (unpaired) electrons. The summed E-state index contributed by atoms with van der Waals surface area (Å²) in [5.74, 6) is 0. The van der Waals surface area contributed by atoms with Crippen LogP contribution in [0.1, 0.15) is 0 Å². The van der Waals surface area contributed by atoms with E-state index in [1.54, 1.807) is 0 Å². The molecule has 0 saturated heterocycles. The quantitative estimate of drug-likeness (QED) is 0.500. The molecule has 0 unspecified atom stereocenters. The zero-order valence-corrected chi connectivity index (χ0v) is 10.9. The summed E-state index contributed by atoms with van der Waals surface area (Å²) in [5, 5.41) is 1.60. The van der Waals surface area contributed by atoms with Gasteiger partial charge in [-0.3, -0.25) is 0 Å². The summed E-state index contributed by atoms with van der Waals surface area (Å²) >= 11 is 11.5. The van der Waals surface area contributed by atoms with Crippen molar-refractivity contribution in [3.8, 4) is 0 Å². The Balaban J connectivity index is 2.81. The lowest BCUT2D eigenvalue weighted by atomic mass is 10.2. The van der Waals surface area contributed by atoms with Gasteiger partial charge in [-0.2, -0.15) is 0 Å². The highest BCUT2D eigenvalue weighted by molar-refractivity contribution is 14.1. The summed E-state index contributed by atoms with van der Waals surface area (Å²) in [6.45, 7) is 0. The van der Waals surface area contributed by atoms with Gasteiger partial charge in [0.25, 0.3) is 0 Å². The van der Waals surface area contributed by atoms with Crippen LogP contribution in [0.5, 0.6) is 0 Å². The molecule has 1 aromatic heterocycles. The summed E-state index contributed by atoms with van der Waals surface area (Å²) < 4.78 is 2.00.